The van der Waals surface area contributed by atoms with Gasteiger partial charge in [0.15, 0.2) is 9.84 Å². The van der Waals surface area contributed by atoms with E-state index in [1.165, 1.54) is 18.3 Å². The molecule has 2 N–H and O–H groups in total. The molecule has 0 aliphatic heterocycles. The molecule has 0 aliphatic rings. The number of rotatable bonds is 2. The molecule has 70 valence electrons. The molecule has 13 heavy (non-hydrogen) atoms. The molecule has 0 spiro atoms. The van der Waals surface area contributed by atoms with Gasteiger partial charge in [0, 0.05) is 12.5 Å². The fraction of sp³-hybridized carbons (Fsp3) is 0.167. The van der Waals surface area contributed by atoms with E-state index >= 15 is 0 Å². The lowest BCUT2D eigenvalue weighted by Gasteiger charge is -2.04. The molecule has 1 aromatic rings. The van der Waals surface area contributed by atoms with E-state index in [-0.39, 0.29) is 10.5 Å². The normalized spacial score (nSPS) is 11.3. The van der Waals surface area contributed by atoms with E-state index in [2.05, 4.69) is 4.98 Å². The van der Waals surface area contributed by atoms with Crippen LogP contribution in [0.15, 0.2) is 23.2 Å². The summed E-state index contributed by atoms with van der Waals surface area (Å²) >= 11 is 0. The predicted octanol–water partition coefficient (Wildman–Crippen LogP) is -1.84. The van der Waals surface area contributed by atoms with Gasteiger partial charge in [-0.3, -0.25) is 4.98 Å². The van der Waals surface area contributed by atoms with E-state index in [1.54, 1.807) is 0 Å². The van der Waals surface area contributed by atoms with E-state index in [0.717, 1.165) is 6.26 Å². The molecule has 0 aliphatic carbocycles. The van der Waals surface area contributed by atoms with Gasteiger partial charge >= 0.3 is 7.12 Å². The summed E-state index contributed by atoms with van der Waals surface area (Å²) < 4.78 is 22.2. The molecule has 1 heterocycles. The largest absolute Gasteiger partial charge is 0.509 e. The van der Waals surface area contributed by atoms with Gasteiger partial charge in [-0.25, -0.2) is 8.42 Å². The summed E-state index contributed by atoms with van der Waals surface area (Å²) in [5.41, 5.74) is -0.245. The molecule has 7 heteroatoms. The molecule has 1 rings (SSSR count). The minimum Gasteiger partial charge on any atom is -0.422 e. The summed E-state index contributed by atoms with van der Waals surface area (Å²) in [6, 6.07) is 2.69. The van der Waals surface area contributed by atoms with Crippen LogP contribution in [0.1, 0.15) is 0 Å². The first kappa shape index (κ1) is 10.2. The maximum Gasteiger partial charge on any atom is 0.509 e. The molecule has 5 nitrogen and oxygen atoms in total. The average Bonchev–Trinajstić information content (AvgIpc) is 2.03. The third kappa shape index (κ3) is 2.27. The van der Waals surface area contributed by atoms with Crippen LogP contribution in [0.25, 0.3) is 0 Å². The van der Waals surface area contributed by atoms with Crippen LogP contribution in [0.3, 0.4) is 0 Å². The maximum atomic E-state index is 11.1. The molecule has 1 aromatic heterocycles. The van der Waals surface area contributed by atoms with Crippen LogP contribution < -0.4 is 5.59 Å². The Morgan fingerprint density at radius 3 is 2.46 bits per heavy atom. The number of pyridine rings is 1. The summed E-state index contributed by atoms with van der Waals surface area (Å²) in [5, 5.41) is 17.6. The molecular weight excluding hydrogens is 193 g/mol. The van der Waals surface area contributed by atoms with Crippen molar-refractivity contribution in [3.8, 4) is 0 Å². The van der Waals surface area contributed by atoms with Gasteiger partial charge in [0.2, 0.25) is 0 Å². The van der Waals surface area contributed by atoms with E-state index in [0.29, 0.717) is 0 Å². The number of nitrogens with zero attached hydrogens (tertiary/aromatic N) is 1. The van der Waals surface area contributed by atoms with Crippen LogP contribution in [0, 0.1) is 0 Å². The number of aromatic nitrogens is 1. The molecule has 0 atom stereocenters. The van der Waals surface area contributed by atoms with Crippen LogP contribution in [0.4, 0.5) is 0 Å². The molecule has 0 aromatic carbocycles. The van der Waals surface area contributed by atoms with Gasteiger partial charge in [-0.1, -0.05) is 0 Å². The molecule has 0 saturated carbocycles. The first-order valence-corrected chi connectivity index (χ1v) is 5.33. The first-order chi connectivity index (χ1) is 5.93. The van der Waals surface area contributed by atoms with Crippen molar-refractivity contribution in [2.75, 3.05) is 6.26 Å². The molecular formula is C6H8BNO4S. The second-order valence-electron chi connectivity index (χ2n) is 2.53. The highest BCUT2D eigenvalue weighted by atomic mass is 32.2. The highest BCUT2D eigenvalue weighted by Crippen LogP contribution is 2.03. The van der Waals surface area contributed by atoms with Crippen molar-refractivity contribution in [1.82, 2.24) is 4.98 Å². The smallest absolute Gasteiger partial charge is 0.422 e. The predicted molar refractivity (Wildman–Crippen MR) is 47.2 cm³/mol. The molecule has 0 radical (unpaired) electrons. The van der Waals surface area contributed by atoms with Crippen molar-refractivity contribution in [2.45, 2.75) is 4.90 Å². The van der Waals surface area contributed by atoms with Gasteiger partial charge in [0.25, 0.3) is 0 Å². The topological polar surface area (TPSA) is 87.5 Å². The Morgan fingerprint density at radius 2 is 2.08 bits per heavy atom. The number of hydrogen-bond donors (Lipinski definition) is 2. The molecule has 0 saturated heterocycles. The molecule has 0 bridgehead atoms. The third-order valence-electron chi connectivity index (χ3n) is 1.44. The van der Waals surface area contributed by atoms with E-state index < -0.39 is 17.0 Å². The summed E-state index contributed by atoms with van der Waals surface area (Å²) in [4.78, 5) is 3.40. The maximum absolute atomic E-state index is 11.1. The molecule has 0 fully saturated rings. The average molecular weight is 201 g/mol. The zero-order valence-corrected chi connectivity index (χ0v) is 7.69. The fourth-order valence-electron chi connectivity index (χ4n) is 0.910. The van der Waals surface area contributed by atoms with Gasteiger partial charge in [-0.2, -0.15) is 0 Å². The summed E-state index contributed by atoms with van der Waals surface area (Å²) in [6.45, 7) is 0. The lowest BCUT2D eigenvalue weighted by atomic mass is 9.86. The van der Waals surface area contributed by atoms with Crippen molar-refractivity contribution in [3.05, 3.63) is 18.3 Å². The van der Waals surface area contributed by atoms with Gasteiger partial charge in [0.05, 0.1) is 10.5 Å². The zero-order valence-electron chi connectivity index (χ0n) is 6.88. The summed E-state index contributed by atoms with van der Waals surface area (Å²) in [5.74, 6) is 0. The lowest BCUT2D eigenvalue weighted by molar-refractivity contribution is 0.423. The lowest BCUT2D eigenvalue weighted by Crippen LogP contribution is -2.36. The van der Waals surface area contributed by atoms with Gasteiger partial charge in [-0.05, 0) is 12.1 Å². The first-order valence-electron chi connectivity index (χ1n) is 3.44. The van der Waals surface area contributed by atoms with Gasteiger partial charge in [0.1, 0.15) is 0 Å². The second-order valence-corrected chi connectivity index (χ2v) is 4.52. The SMILES string of the molecule is CS(=O)(=O)c1cccnc1B(O)O. The number of sulfone groups is 1. The Hall–Kier alpha value is -0.915. The Bertz CT molecular complexity index is 403. The zero-order chi connectivity index (χ0) is 10.1. The van der Waals surface area contributed by atoms with E-state index in [9.17, 15) is 8.42 Å². The highest BCUT2D eigenvalue weighted by Gasteiger charge is 2.22. The Balaban J connectivity index is 3.37. The van der Waals surface area contributed by atoms with Crippen molar-refractivity contribution in [2.24, 2.45) is 0 Å². The third-order valence-corrected chi connectivity index (χ3v) is 2.59. The van der Waals surface area contributed by atoms with Crippen molar-refractivity contribution < 1.29 is 18.5 Å². The van der Waals surface area contributed by atoms with Crippen LogP contribution in [0.2, 0.25) is 0 Å². The van der Waals surface area contributed by atoms with E-state index in [1.807, 2.05) is 0 Å². The quantitative estimate of drug-likeness (QED) is 0.549. The molecule has 0 unspecified atom stereocenters. The van der Waals surface area contributed by atoms with Crippen molar-refractivity contribution in [1.29, 1.82) is 0 Å². The van der Waals surface area contributed by atoms with Crippen molar-refractivity contribution in [3.63, 3.8) is 0 Å². The van der Waals surface area contributed by atoms with Gasteiger partial charge < -0.3 is 10.0 Å². The summed E-state index contributed by atoms with van der Waals surface area (Å²) in [7, 11) is -5.33. The number of hydrogen-bond acceptors (Lipinski definition) is 5. The highest BCUT2D eigenvalue weighted by molar-refractivity contribution is 7.91. The van der Waals surface area contributed by atoms with E-state index in [4.69, 9.17) is 10.0 Å². The standard InChI is InChI=1S/C6H8BNO4S/c1-13(11,12)5-3-2-4-8-6(5)7(9)10/h2-4,9-10H,1H3. The van der Waals surface area contributed by atoms with Crippen LogP contribution in [0.5, 0.6) is 0 Å². The van der Waals surface area contributed by atoms with Crippen LogP contribution in [-0.4, -0.2) is 36.8 Å². The van der Waals surface area contributed by atoms with Crippen molar-refractivity contribution >= 4 is 22.5 Å². The second kappa shape index (κ2) is 3.45. The Kier molecular flexibility index (Phi) is 2.70. The monoisotopic (exact) mass is 201 g/mol. The van der Waals surface area contributed by atoms with Crippen LogP contribution in [-0.2, 0) is 9.84 Å². The Morgan fingerprint density at radius 1 is 1.46 bits per heavy atom. The minimum absolute atomic E-state index is 0.162. The molecule has 0 amide bonds. The minimum atomic E-state index is -3.46. The fourth-order valence-corrected chi connectivity index (χ4v) is 1.77. The summed E-state index contributed by atoms with van der Waals surface area (Å²) in [6.07, 6.45) is 2.28. The van der Waals surface area contributed by atoms with Crippen LogP contribution >= 0.6 is 0 Å². The Labute approximate surface area is 76.1 Å². The van der Waals surface area contributed by atoms with Gasteiger partial charge in [-0.15, -0.1) is 0 Å².